The standard InChI is InChI=1S/C26H22N2O5/c1-14-11-24(31)33-26-16(14)8-10-22(30)25(26)20-13-19(15-7-9-21(29)23(12-15)32-2)27-17-5-3-4-6-18(17)28-20/h3-12,19,27,29-30H,13H2,1-2H3/t19-/m0/s1. The van der Waals surface area contributed by atoms with E-state index >= 15 is 0 Å². The Labute approximate surface area is 189 Å². The van der Waals surface area contributed by atoms with Crippen LogP contribution in [0.2, 0.25) is 0 Å². The fourth-order valence-electron chi connectivity index (χ4n) is 4.24. The predicted molar refractivity (Wildman–Crippen MR) is 127 cm³/mol. The van der Waals surface area contributed by atoms with Crippen molar-refractivity contribution >= 4 is 28.1 Å². The van der Waals surface area contributed by atoms with Gasteiger partial charge in [0, 0.05) is 17.9 Å². The van der Waals surface area contributed by atoms with Crippen molar-refractivity contribution in [2.75, 3.05) is 12.4 Å². The van der Waals surface area contributed by atoms with E-state index in [0.29, 0.717) is 34.7 Å². The summed E-state index contributed by atoms with van der Waals surface area (Å²) in [4.78, 5) is 17.0. The smallest absolute Gasteiger partial charge is 0.336 e. The normalized spacial score (nSPS) is 15.3. The quantitative estimate of drug-likeness (QED) is 0.377. The molecule has 0 radical (unpaired) electrons. The number of rotatable bonds is 3. The van der Waals surface area contributed by atoms with Crippen molar-refractivity contribution in [3.63, 3.8) is 0 Å². The first-order chi connectivity index (χ1) is 15.9. The van der Waals surface area contributed by atoms with Crippen molar-refractivity contribution in [1.29, 1.82) is 0 Å². The molecule has 1 atom stereocenters. The molecular formula is C26H22N2O5. The minimum atomic E-state index is -0.487. The number of para-hydroxylation sites is 2. The van der Waals surface area contributed by atoms with E-state index in [1.54, 1.807) is 24.3 Å². The Kier molecular flexibility index (Phi) is 5.01. The molecule has 5 rings (SSSR count). The molecule has 33 heavy (non-hydrogen) atoms. The molecule has 0 amide bonds. The van der Waals surface area contributed by atoms with Crippen LogP contribution in [0.4, 0.5) is 11.4 Å². The molecule has 0 saturated carbocycles. The lowest BCUT2D eigenvalue weighted by molar-refractivity contribution is 0.372. The number of anilines is 1. The van der Waals surface area contributed by atoms with Crippen LogP contribution in [-0.4, -0.2) is 23.0 Å². The van der Waals surface area contributed by atoms with Crippen LogP contribution in [0.5, 0.6) is 17.2 Å². The minimum Gasteiger partial charge on any atom is -0.507 e. The summed E-state index contributed by atoms with van der Waals surface area (Å²) < 4.78 is 10.9. The Morgan fingerprint density at radius 2 is 1.85 bits per heavy atom. The van der Waals surface area contributed by atoms with Gasteiger partial charge in [-0.25, -0.2) is 4.79 Å². The average molecular weight is 442 g/mol. The van der Waals surface area contributed by atoms with Crippen LogP contribution < -0.4 is 15.7 Å². The van der Waals surface area contributed by atoms with Gasteiger partial charge in [0.25, 0.3) is 0 Å². The highest BCUT2D eigenvalue weighted by Gasteiger charge is 2.26. The number of aromatic hydroxyl groups is 2. The second-order valence-electron chi connectivity index (χ2n) is 7.99. The fraction of sp³-hybridized carbons (Fsp3) is 0.154. The van der Waals surface area contributed by atoms with Gasteiger partial charge in [-0.2, -0.15) is 0 Å². The van der Waals surface area contributed by atoms with Gasteiger partial charge in [0.2, 0.25) is 0 Å². The number of fused-ring (bicyclic) bond motifs is 2. The zero-order chi connectivity index (χ0) is 23.1. The zero-order valence-corrected chi connectivity index (χ0v) is 18.1. The van der Waals surface area contributed by atoms with Crippen molar-refractivity contribution in [2.24, 2.45) is 4.99 Å². The van der Waals surface area contributed by atoms with Gasteiger partial charge in [-0.3, -0.25) is 4.99 Å². The summed E-state index contributed by atoms with van der Waals surface area (Å²) in [7, 11) is 1.50. The number of aryl methyl sites for hydroxylation is 1. The first-order valence-corrected chi connectivity index (χ1v) is 10.5. The molecule has 1 aliphatic heterocycles. The molecule has 0 spiro atoms. The molecule has 0 saturated heterocycles. The number of hydrogen-bond acceptors (Lipinski definition) is 7. The number of benzene rings is 3. The molecule has 7 heteroatoms. The van der Waals surface area contributed by atoms with E-state index in [1.165, 1.54) is 13.2 Å². The highest BCUT2D eigenvalue weighted by atomic mass is 16.5. The molecule has 166 valence electrons. The largest absolute Gasteiger partial charge is 0.507 e. The van der Waals surface area contributed by atoms with E-state index in [-0.39, 0.29) is 17.5 Å². The summed E-state index contributed by atoms with van der Waals surface area (Å²) in [6.45, 7) is 1.83. The lowest BCUT2D eigenvalue weighted by Crippen LogP contribution is -2.15. The number of phenols is 2. The molecule has 0 unspecified atom stereocenters. The van der Waals surface area contributed by atoms with E-state index in [2.05, 4.69) is 5.32 Å². The first kappa shape index (κ1) is 20.6. The summed E-state index contributed by atoms with van der Waals surface area (Å²) in [6, 6.07) is 17.3. The molecular weight excluding hydrogens is 420 g/mol. The topological polar surface area (TPSA) is 104 Å². The molecule has 1 aliphatic rings. The molecule has 2 heterocycles. The molecule has 7 nitrogen and oxygen atoms in total. The van der Waals surface area contributed by atoms with Crippen molar-refractivity contribution in [3.05, 3.63) is 87.8 Å². The Morgan fingerprint density at radius 3 is 2.67 bits per heavy atom. The van der Waals surface area contributed by atoms with Gasteiger partial charge < -0.3 is 24.7 Å². The molecule has 0 fully saturated rings. The first-order valence-electron chi connectivity index (χ1n) is 10.5. The van der Waals surface area contributed by atoms with Crippen LogP contribution in [0.15, 0.2) is 74.9 Å². The van der Waals surface area contributed by atoms with Crippen molar-refractivity contribution in [1.82, 2.24) is 0 Å². The number of hydrogen-bond donors (Lipinski definition) is 3. The van der Waals surface area contributed by atoms with E-state index < -0.39 is 5.63 Å². The van der Waals surface area contributed by atoms with Gasteiger partial charge >= 0.3 is 5.63 Å². The van der Waals surface area contributed by atoms with Crippen molar-refractivity contribution in [3.8, 4) is 17.2 Å². The number of aliphatic imine (C=N–C) groups is 1. The summed E-state index contributed by atoms with van der Waals surface area (Å²) in [5.41, 5.74) is 3.93. The van der Waals surface area contributed by atoms with Gasteiger partial charge in [-0.1, -0.05) is 18.2 Å². The maximum Gasteiger partial charge on any atom is 0.336 e. The third-order valence-corrected chi connectivity index (χ3v) is 5.88. The minimum absolute atomic E-state index is 0.0172. The highest BCUT2D eigenvalue weighted by molar-refractivity contribution is 6.13. The number of phenolic OH excluding ortho intramolecular Hbond substituents is 2. The predicted octanol–water partition coefficient (Wildman–Crippen LogP) is 5.20. The highest BCUT2D eigenvalue weighted by Crippen LogP contribution is 2.40. The molecule has 0 aliphatic carbocycles. The molecule has 4 aromatic rings. The summed E-state index contributed by atoms with van der Waals surface area (Å²) >= 11 is 0. The van der Waals surface area contributed by atoms with Crippen LogP contribution in [0.1, 0.15) is 29.2 Å². The van der Waals surface area contributed by atoms with Gasteiger partial charge in [-0.05, 0) is 54.4 Å². The number of ether oxygens (including phenoxy) is 1. The maximum absolute atomic E-state index is 12.2. The number of nitrogens with one attached hydrogen (secondary N) is 1. The third kappa shape index (κ3) is 3.67. The van der Waals surface area contributed by atoms with E-state index in [9.17, 15) is 15.0 Å². The average Bonchev–Trinajstić information content (AvgIpc) is 2.98. The van der Waals surface area contributed by atoms with Crippen molar-refractivity contribution < 1.29 is 19.4 Å². The van der Waals surface area contributed by atoms with Crippen LogP contribution in [0.25, 0.3) is 11.0 Å². The van der Waals surface area contributed by atoms with Crippen LogP contribution in [-0.2, 0) is 0 Å². The van der Waals surface area contributed by atoms with Gasteiger partial charge in [0.15, 0.2) is 17.1 Å². The second kappa shape index (κ2) is 8.02. The van der Waals surface area contributed by atoms with E-state index in [0.717, 1.165) is 22.2 Å². The SMILES string of the molecule is COc1cc([C@@H]2CC(c3c(O)ccc4c(C)cc(=O)oc34)=Nc3ccccc3N2)ccc1O. The van der Waals surface area contributed by atoms with Gasteiger partial charge in [0.1, 0.15) is 5.75 Å². The number of nitrogens with zero attached hydrogens (tertiary/aromatic N) is 1. The Morgan fingerprint density at radius 1 is 1.06 bits per heavy atom. The van der Waals surface area contributed by atoms with Crippen molar-refractivity contribution in [2.45, 2.75) is 19.4 Å². The fourth-order valence-corrected chi connectivity index (χ4v) is 4.24. The summed E-state index contributed by atoms with van der Waals surface area (Å²) in [6.07, 6.45) is 0.382. The van der Waals surface area contributed by atoms with E-state index in [1.807, 2.05) is 37.3 Å². The second-order valence-corrected chi connectivity index (χ2v) is 7.99. The Balaban J connectivity index is 1.73. The lowest BCUT2D eigenvalue weighted by Gasteiger charge is -2.20. The summed E-state index contributed by atoms with van der Waals surface area (Å²) in [5, 5.41) is 25.1. The monoisotopic (exact) mass is 442 g/mol. The van der Waals surface area contributed by atoms with E-state index in [4.69, 9.17) is 14.1 Å². The van der Waals surface area contributed by atoms with Crippen LogP contribution in [0.3, 0.4) is 0 Å². The van der Waals surface area contributed by atoms with Crippen LogP contribution >= 0.6 is 0 Å². The molecule has 3 aromatic carbocycles. The Hall–Kier alpha value is -4.26. The third-order valence-electron chi connectivity index (χ3n) is 5.88. The summed E-state index contributed by atoms with van der Waals surface area (Å²) in [5.74, 6) is 0.393. The lowest BCUT2D eigenvalue weighted by atomic mass is 9.94. The maximum atomic E-state index is 12.2. The molecule has 3 N–H and O–H groups in total. The van der Waals surface area contributed by atoms with Gasteiger partial charge in [-0.15, -0.1) is 0 Å². The van der Waals surface area contributed by atoms with Gasteiger partial charge in [0.05, 0.1) is 35.8 Å². The molecule has 1 aromatic heterocycles. The van der Waals surface area contributed by atoms with Crippen LogP contribution in [0, 0.1) is 6.92 Å². The molecule has 0 bridgehead atoms. The number of methoxy groups -OCH3 is 1. The Bertz CT molecular complexity index is 1470. The zero-order valence-electron chi connectivity index (χ0n) is 18.1.